The van der Waals surface area contributed by atoms with Crippen LogP contribution in [0.15, 0.2) is 36.1 Å². The van der Waals surface area contributed by atoms with Gasteiger partial charge in [0, 0.05) is 23.3 Å². The molecule has 9 nitrogen and oxygen atoms in total. The number of aromatic nitrogens is 2. The Bertz CT molecular complexity index is 1050. The number of ether oxygens (including phenoxy) is 1. The van der Waals surface area contributed by atoms with Crippen LogP contribution in [0.3, 0.4) is 0 Å². The summed E-state index contributed by atoms with van der Waals surface area (Å²) in [6.45, 7) is 6.61. The Morgan fingerprint density at radius 1 is 1.27 bits per heavy atom. The zero-order chi connectivity index (χ0) is 22.3. The SMILES string of the molecule is C/C=C/C=C/c1[nH]nc2c1[C@@H]1[C@](C)(NC(=O)/C=C/C(=O)O)C(=O)O[C@]1(C)C(O)=C2C. The maximum atomic E-state index is 12.9. The molecule has 0 spiro atoms. The molecule has 9 heteroatoms. The summed E-state index contributed by atoms with van der Waals surface area (Å²) < 4.78 is 5.60. The van der Waals surface area contributed by atoms with Crippen LogP contribution in [0.5, 0.6) is 0 Å². The average Bonchev–Trinajstić information content (AvgIpc) is 3.16. The highest BCUT2D eigenvalue weighted by atomic mass is 16.6. The first-order chi connectivity index (χ1) is 14.1. The van der Waals surface area contributed by atoms with Gasteiger partial charge in [0.25, 0.3) is 0 Å². The van der Waals surface area contributed by atoms with Crippen LogP contribution in [0.25, 0.3) is 11.6 Å². The number of carboxylic acids is 1. The number of esters is 1. The number of nitrogens with one attached hydrogen (secondary N) is 2. The van der Waals surface area contributed by atoms with E-state index in [1.54, 1.807) is 26.0 Å². The molecule has 3 rings (SSSR count). The van der Waals surface area contributed by atoms with Crippen molar-refractivity contribution in [2.24, 2.45) is 0 Å². The van der Waals surface area contributed by atoms with Gasteiger partial charge in [-0.3, -0.25) is 9.89 Å². The number of rotatable bonds is 5. The molecule has 0 unspecified atom stereocenters. The van der Waals surface area contributed by atoms with Crippen molar-refractivity contribution in [2.75, 3.05) is 0 Å². The van der Waals surface area contributed by atoms with Gasteiger partial charge in [0.15, 0.2) is 5.60 Å². The van der Waals surface area contributed by atoms with E-state index < -0.39 is 34.9 Å². The molecule has 2 heterocycles. The second kappa shape index (κ2) is 7.33. The maximum Gasteiger partial charge on any atom is 0.333 e. The Labute approximate surface area is 172 Å². The second-order valence-electron chi connectivity index (χ2n) is 7.55. The summed E-state index contributed by atoms with van der Waals surface area (Å²) in [5, 5.41) is 29.4. The number of aliphatic hydroxyl groups is 1. The number of aliphatic hydroxyl groups excluding tert-OH is 1. The van der Waals surface area contributed by atoms with Crippen molar-refractivity contribution in [3.8, 4) is 0 Å². The first-order valence-electron chi connectivity index (χ1n) is 9.31. The normalized spacial score (nSPS) is 28.3. The number of fused-ring (bicyclic) bond motifs is 3. The molecule has 0 bridgehead atoms. The first-order valence-corrected chi connectivity index (χ1v) is 9.31. The van der Waals surface area contributed by atoms with E-state index in [1.807, 2.05) is 19.1 Å². The minimum atomic E-state index is -1.58. The minimum absolute atomic E-state index is 0.150. The van der Waals surface area contributed by atoms with Crippen molar-refractivity contribution in [1.29, 1.82) is 0 Å². The smallest absolute Gasteiger partial charge is 0.333 e. The van der Waals surface area contributed by atoms with E-state index in [-0.39, 0.29) is 5.76 Å². The highest BCUT2D eigenvalue weighted by Crippen LogP contribution is 2.56. The molecule has 1 amide bonds. The van der Waals surface area contributed by atoms with Crippen molar-refractivity contribution >= 4 is 29.5 Å². The largest absolute Gasteiger partial charge is 0.508 e. The predicted molar refractivity (Wildman–Crippen MR) is 108 cm³/mol. The van der Waals surface area contributed by atoms with Crippen LogP contribution in [-0.2, 0) is 19.1 Å². The summed E-state index contributed by atoms with van der Waals surface area (Å²) in [5.41, 5.74) is -0.865. The number of hydrogen-bond acceptors (Lipinski definition) is 6. The van der Waals surface area contributed by atoms with Gasteiger partial charge in [-0.1, -0.05) is 18.2 Å². The van der Waals surface area contributed by atoms with Gasteiger partial charge < -0.3 is 20.3 Å². The molecule has 0 saturated carbocycles. The molecule has 3 atom stereocenters. The van der Waals surface area contributed by atoms with Gasteiger partial charge in [-0.05, 0) is 33.8 Å². The molecule has 158 valence electrons. The predicted octanol–water partition coefficient (Wildman–Crippen LogP) is 2.22. The van der Waals surface area contributed by atoms with Gasteiger partial charge in [-0.2, -0.15) is 5.10 Å². The van der Waals surface area contributed by atoms with Gasteiger partial charge in [0.1, 0.15) is 11.3 Å². The number of nitrogens with zero attached hydrogens (tertiary/aromatic N) is 1. The van der Waals surface area contributed by atoms with Crippen LogP contribution in [0, 0.1) is 0 Å². The average molecular weight is 413 g/mol. The Hall–Kier alpha value is -3.62. The number of aliphatic carboxylic acids is 1. The Morgan fingerprint density at radius 3 is 2.60 bits per heavy atom. The van der Waals surface area contributed by atoms with Gasteiger partial charge in [-0.15, -0.1) is 0 Å². The fourth-order valence-electron chi connectivity index (χ4n) is 4.16. The number of carboxylic acid groups (broad SMARTS) is 1. The van der Waals surface area contributed by atoms with Crippen molar-refractivity contribution in [3.63, 3.8) is 0 Å². The zero-order valence-corrected chi connectivity index (χ0v) is 17.0. The number of aromatic amines is 1. The topological polar surface area (TPSA) is 142 Å². The minimum Gasteiger partial charge on any atom is -0.508 e. The zero-order valence-electron chi connectivity index (χ0n) is 17.0. The summed E-state index contributed by atoms with van der Waals surface area (Å²) >= 11 is 0. The molecule has 1 aliphatic carbocycles. The lowest BCUT2D eigenvalue weighted by molar-refractivity contribution is -0.151. The molecule has 1 saturated heterocycles. The quantitative estimate of drug-likeness (QED) is 0.329. The van der Waals surface area contributed by atoms with Crippen LogP contribution in [0.1, 0.15) is 50.6 Å². The van der Waals surface area contributed by atoms with E-state index in [0.29, 0.717) is 28.6 Å². The van der Waals surface area contributed by atoms with Gasteiger partial charge in [-0.25, -0.2) is 9.59 Å². The molecular weight excluding hydrogens is 390 g/mol. The monoisotopic (exact) mass is 413 g/mol. The maximum absolute atomic E-state index is 12.9. The number of H-pyrrole nitrogens is 1. The fourth-order valence-corrected chi connectivity index (χ4v) is 4.16. The number of carbonyl (C=O) groups excluding carboxylic acids is 2. The number of carbonyl (C=O) groups is 3. The summed E-state index contributed by atoms with van der Waals surface area (Å²) in [5.74, 6) is -3.78. The molecule has 1 fully saturated rings. The van der Waals surface area contributed by atoms with Gasteiger partial charge in [0.2, 0.25) is 5.91 Å². The third kappa shape index (κ3) is 3.12. The summed E-state index contributed by atoms with van der Waals surface area (Å²) in [4.78, 5) is 36.0. The van der Waals surface area contributed by atoms with Crippen LogP contribution in [-0.4, -0.2) is 49.4 Å². The highest BCUT2D eigenvalue weighted by Gasteiger charge is 2.66. The lowest BCUT2D eigenvalue weighted by atomic mass is 9.67. The number of amides is 1. The summed E-state index contributed by atoms with van der Waals surface area (Å²) in [6, 6.07) is 0. The second-order valence-corrected chi connectivity index (χ2v) is 7.55. The van der Waals surface area contributed by atoms with Crippen LogP contribution < -0.4 is 5.32 Å². The summed E-state index contributed by atoms with van der Waals surface area (Å²) in [6.07, 6.45) is 8.74. The van der Waals surface area contributed by atoms with Crippen LogP contribution >= 0.6 is 0 Å². The third-order valence-electron chi connectivity index (χ3n) is 5.49. The van der Waals surface area contributed by atoms with Crippen molar-refractivity contribution in [2.45, 2.75) is 44.8 Å². The Kier molecular flexibility index (Phi) is 5.15. The van der Waals surface area contributed by atoms with E-state index in [9.17, 15) is 19.5 Å². The van der Waals surface area contributed by atoms with Crippen molar-refractivity contribution < 1.29 is 29.3 Å². The molecule has 0 radical (unpaired) electrons. The molecule has 2 aliphatic rings. The summed E-state index contributed by atoms with van der Waals surface area (Å²) in [7, 11) is 0. The van der Waals surface area contributed by atoms with E-state index in [0.717, 1.165) is 6.08 Å². The Balaban J connectivity index is 2.16. The van der Waals surface area contributed by atoms with Crippen LogP contribution in [0.4, 0.5) is 0 Å². The standard InChI is InChI=1S/C21H23N3O6/c1-5-6-7-8-12-15-16(24-23-12)11(2)18(28)21(4)17(15)20(3,19(29)30-21)22-13(25)9-10-14(26)27/h5-10,17,28H,1-4H3,(H,22,25)(H,23,24)(H,26,27)/b6-5+,8-7+,10-9+/t17-,20+,21+/m1/s1. The van der Waals surface area contributed by atoms with E-state index in [2.05, 4.69) is 15.5 Å². The molecule has 4 N–H and O–H groups in total. The molecule has 0 aromatic carbocycles. The number of hydrogen-bond donors (Lipinski definition) is 4. The fraction of sp³-hybridized carbons (Fsp3) is 0.333. The van der Waals surface area contributed by atoms with Crippen molar-refractivity contribution in [3.05, 3.63) is 53.1 Å². The molecule has 30 heavy (non-hydrogen) atoms. The highest BCUT2D eigenvalue weighted by molar-refractivity contribution is 5.99. The molecular formula is C21H23N3O6. The number of allylic oxidation sites excluding steroid dienone is 4. The molecule has 1 aromatic heterocycles. The van der Waals surface area contributed by atoms with E-state index >= 15 is 0 Å². The van der Waals surface area contributed by atoms with E-state index in [1.165, 1.54) is 6.92 Å². The lowest BCUT2D eigenvalue weighted by Gasteiger charge is -2.38. The first kappa shape index (κ1) is 21.1. The molecule has 1 aliphatic heterocycles. The lowest BCUT2D eigenvalue weighted by Crippen LogP contribution is -2.55. The van der Waals surface area contributed by atoms with Gasteiger partial charge >= 0.3 is 11.9 Å². The third-order valence-corrected chi connectivity index (χ3v) is 5.49. The van der Waals surface area contributed by atoms with E-state index in [4.69, 9.17) is 9.84 Å². The van der Waals surface area contributed by atoms with Gasteiger partial charge in [0.05, 0.1) is 17.3 Å². The molecule has 1 aromatic rings. The van der Waals surface area contributed by atoms with Crippen molar-refractivity contribution in [1.82, 2.24) is 15.5 Å². The van der Waals surface area contributed by atoms with Crippen LogP contribution in [0.2, 0.25) is 0 Å². The Morgan fingerprint density at radius 2 is 1.97 bits per heavy atom.